The number of hydrogen-bond acceptors (Lipinski definition) is 17. The predicted molar refractivity (Wildman–Crippen MR) is 174 cm³/mol. The zero-order valence-electron chi connectivity index (χ0n) is 24.8. The van der Waals surface area contributed by atoms with Crippen molar-refractivity contribution in [1.82, 2.24) is 39.0 Å². The standard InChI is InChI=1S/C24H32N10O9P2S2/c1-9-14(33-7-29-12-18(25)27-6-28-19(12)33)10-3-24(10)5-40-45(37,47)42-16-15(38-2)11(4-39-44(36,46)43-17(9)24)41-22(16)34-8-30-13-20(34)31-23(26)32-21(13)35/h6-11,14-17,22,36,44,46H,3-5H2,1-2H3,(H,37,47)(H2,25,27,28)(H3,26,31,32,35)/t9-,10+,11+,14-,15+,16+,17-,22+,24?,45?/m0/s1. The summed E-state index contributed by atoms with van der Waals surface area (Å²) in [6, 6.07) is -0.200. The second-order valence-electron chi connectivity index (χ2n) is 12.2. The van der Waals surface area contributed by atoms with Crippen molar-refractivity contribution in [3.05, 3.63) is 29.3 Å². The van der Waals surface area contributed by atoms with E-state index in [9.17, 15) is 14.3 Å². The van der Waals surface area contributed by atoms with Crippen molar-refractivity contribution in [2.24, 2.45) is 17.3 Å². The summed E-state index contributed by atoms with van der Waals surface area (Å²) in [5.74, 6) is -0.176. The molecule has 1 spiro atoms. The number of ether oxygens (including phenoxy) is 2. The van der Waals surface area contributed by atoms with Crippen LogP contribution in [-0.2, 0) is 32.1 Å². The third-order valence-electron chi connectivity index (χ3n) is 9.63. The van der Waals surface area contributed by atoms with Gasteiger partial charge in [-0.15, -0.1) is 0 Å². The summed E-state index contributed by atoms with van der Waals surface area (Å²) >= 11 is 8.84. The van der Waals surface area contributed by atoms with Crippen molar-refractivity contribution >= 4 is 72.5 Å². The third kappa shape index (κ3) is 5.10. The van der Waals surface area contributed by atoms with E-state index < -0.39 is 55.6 Å². The van der Waals surface area contributed by atoms with Crippen molar-refractivity contribution in [3.8, 4) is 0 Å². The van der Waals surface area contributed by atoms with Gasteiger partial charge in [0.25, 0.3) is 0 Å². The maximum absolute atomic E-state index is 14.0. The van der Waals surface area contributed by atoms with Gasteiger partial charge < -0.3 is 0 Å². The first-order valence-corrected chi connectivity index (χ1v) is 20.3. The normalized spacial score (nSPS) is 39.1. The van der Waals surface area contributed by atoms with Crippen molar-refractivity contribution in [1.29, 1.82) is 0 Å². The molecule has 4 aromatic heterocycles. The average molecular weight is 731 g/mol. The molecule has 8 rings (SSSR count). The second-order valence-corrected chi connectivity index (χ2v) is 18.4. The summed E-state index contributed by atoms with van der Waals surface area (Å²) in [6.45, 7) is -2.50. The molecule has 2 saturated heterocycles. The molecule has 19 nitrogen and oxygen atoms in total. The van der Waals surface area contributed by atoms with Crippen LogP contribution in [0.1, 0.15) is 25.6 Å². The van der Waals surface area contributed by atoms with E-state index in [2.05, 4.69) is 54.4 Å². The Hall–Kier alpha value is -2.42. The molecule has 47 heavy (non-hydrogen) atoms. The molecule has 4 fully saturated rings. The van der Waals surface area contributed by atoms with Crippen LogP contribution in [0.15, 0.2) is 23.8 Å². The monoisotopic (exact) mass is 730 g/mol. The third-order valence-corrected chi connectivity index (χ3v) is 13.0. The number of anilines is 2. The van der Waals surface area contributed by atoms with E-state index in [4.69, 9.17) is 39.0 Å². The van der Waals surface area contributed by atoms with Gasteiger partial charge >= 0.3 is 277 Å². The molecule has 23 heteroatoms. The summed E-state index contributed by atoms with van der Waals surface area (Å²) in [5, 5.41) is 0. The van der Waals surface area contributed by atoms with Gasteiger partial charge in [0.05, 0.1) is 0 Å². The first kappa shape index (κ1) is 31.8. The van der Waals surface area contributed by atoms with Gasteiger partial charge in [-0.1, -0.05) is 0 Å². The quantitative estimate of drug-likeness (QED) is 0.129. The molecule has 4 aliphatic rings. The number of imidazole rings is 2. The Morgan fingerprint density at radius 1 is 1.19 bits per heavy atom. The van der Waals surface area contributed by atoms with Crippen LogP contribution in [0.25, 0.3) is 22.3 Å². The molecule has 10 atom stereocenters. The molecular formula is C24H32N10O9P2S2. The molecule has 4 aromatic rings. The first-order valence-electron chi connectivity index (χ1n) is 14.6. The van der Waals surface area contributed by atoms with Gasteiger partial charge in [-0.25, -0.2) is 0 Å². The van der Waals surface area contributed by atoms with Crippen LogP contribution in [-0.4, -0.2) is 88.7 Å². The Labute approximate surface area is 276 Å². The van der Waals surface area contributed by atoms with E-state index in [0.717, 1.165) is 0 Å². The molecule has 2 aliphatic carbocycles. The first-order chi connectivity index (χ1) is 22.3. The Bertz CT molecular complexity index is 2000. The molecular weight excluding hydrogens is 698 g/mol. The fourth-order valence-corrected chi connectivity index (χ4v) is 10.9. The number of aromatic nitrogens is 8. The van der Waals surface area contributed by atoms with Gasteiger partial charge in [0.15, 0.2) is 0 Å². The summed E-state index contributed by atoms with van der Waals surface area (Å²) < 4.78 is 53.8. The number of thiol groups is 2. The molecule has 0 amide bonds. The van der Waals surface area contributed by atoms with E-state index >= 15 is 0 Å². The Kier molecular flexibility index (Phi) is 7.48. The predicted octanol–water partition coefficient (Wildman–Crippen LogP) is 1.42. The van der Waals surface area contributed by atoms with Crippen molar-refractivity contribution < 1.29 is 37.0 Å². The van der Waals surface area contributed by atoms with E-state index in [1.165, 1.54) is 24.3 Å². The van der Waals surface area contributed by atoms with Crippen LogP contribution in [0.2, 0.25) is 0 Å². The molecule has 6 N–H and O–H groups in total. The van der Waals surface area contributed by atoms with Crippen LogP contribution in [0, 0.1) is 17.3 Å². The van der Waals surface area contributed by atoms with Gasteiger partial charge in [0, 0.05) is 0 Å². The Morgan fingerprint density at radius 3 is 2.74 bits per heavy atom. The molecule has 254 valence electrons. The number of hydrogen-bond donors (Lipinski definition) is 6. The molecule has 6 heterocycles. The van der Waals surface area contributed by atoms with E-state index in [0.29, 0.717) is 17.6 Å². The molecule has 2 bridgehead atoms. The van der Waals surface area contributed by atoms with E-state index in [-0.39, 0.29) is 54.0 Å². The number of aromatic amines is 1. The Balaban J connectivity index is 1.15. The van der Waals surface area contributed by atoms with E-state index in [1.807, 2.05) is 11.5 Å². The van der Waals surface area contributed by atoms with Crippen molar-refractivity contribution in [3.63, 3.8) is 0 Å². The van der Waals surface area contributed by atoms with Gasteiger partial charge in [-0.3, -0.25) is 0 Å². The fourth-order valence-electron chi connectivity index (χ4n) is 7.58. The number of fused-ring (bicyclic) bond motifs is 4. The maximum atomic E-state index is 14.0. The number of H-pyrrole nitrogens is 1. The van der Waals surface area contributed by atoms with Gasteiger partial charge in [0.2, 0.25) is 0 Å². The SMILES string of the molecule is CO[C@H]1[C@H]2OP(=O)(S)OCC34C[C@@H]3[C@@H](n3cnc5c(N)ncnc53)[C@H](C)[C@@H]4O[PH](O)(S)OC[C@H]1O[C@H]2n1cnc2c(=O)[nH]c(N)nc21. The average Bonchev–Trinajstić information content (AvgIpc) is 3.30. The minimum atomic E-state index is -4.16. The zero-order valence-corrected chi connectivity index (χ0v) is 28.5. The van der Waals surface area contributed by atoms with Crippen LogP contribution in [0.4, 0.5) is 11.8 Å². The minimum absolute atomic E-state index is 0.00453. The molecule has 2 unspecified atom stereocenters. The molecule has 0 radical (unpaired) electrons. The van der Waals surface area contributed by atoms with Crippen LogP contribution >= 0.6 is 38.4 Å². The van der Waals surface area contributed by atoms with Crippen molar-refractivity contribution in [2.75, 3.05) is 31.8 Å². The number of nitrogens with one attached hydrogen (secondary N) is 1. The topological polar surface area (TPSA) is 252 Å². The molecule has 0 aromatic carbocycles. The molecule has 2 aliphatic heterocycles. The summed E-state index contributed by atoms with van der Waals surface area (Å²) in [6.07, 6.45) is 0.259. The number of methoxy groups -OCH3 is 1. The van der Waals surface area contributed by atoms with Crippen LogP contribution in [0.5, 0.6) is 0 Å². The number of nitrogens with zero attached hydrogens (tertiary/aromatic N) is 7. The van der Waals surface area contributed by atoms with Gasteiger partial charge in [-0.05, 0) is 0 Å². The van der Waals surface area contributed by atoms with Crippen LogP contribution < -0.4 is 17.0 Å². The summed E-state index contributed by atoms with van der Waals surface area (Å²) in [7, 11) is -2.75. The van der Waals surface area contributed by atoms with Gasteiger partial charge in [0.1, 0.15) is 0 Å². The fraction of sp³-hybridized carbons (Fsp3) is 0.583. The summed E-state index contributed by atoms with van der Waals surface area (Å²) in [5.41, 5.74) is 11.7. The Morgan fingerprint density at radius 2 is 1.96 bits per heavy atom. The molecule has 2 saturated carbocycles. The second kappa shape index (κ2) is 11.0. The summed E-state index contributed by atoms with van der Waals surface area (Å²) in [4.78, 5) is 47.6. The number of rotatable bonds is 3. The van der Waals surface area contributed by atoms with Crippen molar-refractivity contribution in [2.45, 2.75) is 50.0 Å². The number of nitrogens with two attached hydrogens (primary N) is 2. The van der Waals surface area contributed by atoms with E-state index in [1.54, 1.807) is 6.33 Å². The number of nitrogen functional groups attached to an aromatic ring is 2. The van der Waals surface area contributed by atoms with Crippen LogP contribution in [0.3, 0.4) is 0 Å². The van der Waals surface area contributed by atoms with Gasteiger partial charge in [-0.2, -0.15) is 0 Å². The zero-order chi connectivity index (χ0) is 33.0.